The summed E-state index contributed by atoms with van der Waals surface area (Å²) in [5, 5.41) is 13.0. The molecular formula is C18H26N2O4. The van der Waals surface area contributed by atoms with Crippen molar-refractivity contribution < 1.29 is 19.4 Å². The van der Waals surface area contributed by atoms with Crippen molar-refractivity contribution in [2.24, 2.45) is 5.41 Å². The molecule has 1 atom stereocenters. The van der Waals surface area contributed by atoms with Crippen LogP contribution in [0, 0.1) is 5.41 Å². The van der Waals surface area contributed by atoms with E-state index in [1.165, 1.54) is 0 Å². The third-order valence-electron chi connectivity index (χ3n) is 5.35. The molecule has 0 amide bonds. The molecule has 2 aliphatic rings. The van der Waals surface area contributed by atoms with Crippen LogP contribution in [-0.2, 0) is 11.3 Å². The largest absolute Gasteiger partial charge is 0.497 e. The second kappa shape index (κ2) is 6.99. The molecule has 1 aromatic rings. The topological polar surface area (TPSA) is 71.0 Å². The van der Waals surface area contributed by atoms with E-state index in [9.17, 15) is 9.90 Å². The van der Waals surface area contributed by atoms with Gasteiger partial charge in [-0.15, -0.1) is 0 Å². The first kappa shape index (κ1) is 17.0. The van der Waals surface area contributed by atoms with Gasteiger partial charge in [0.1, 0.15) is 17.5 Å². The molecule has 2 N–H and O–H groups in total. The Hall–Kier alpha value is -1.79. The molecule has 2 aliphatic heterocycles. The standard InChI is InChI=1S/C18H26N2O4/c1-23-14-7-13(8-15(9-14)24-2)11-20-12-18(3-5-19-6-4-18)10-16(20)17(21)22/h7-9,16,19H,3-6,10-12H2,1-2H3,(H,21,22). The van der Waals surface area contributed by atoms with Crippen molar-refractivity contribution >= 4 is 5.97 Å². The molecule has 2 heterocycles. The second-order valence-electron chi connectivity index (χ2n) is 6.93. The number of rotatable bonds is 5. The summed E-state index contributed by atoms with van der Waals surface area (Å²) in [6, 6.07) is 5.32. The number of benzene rings is 1. The van der Waals surface area contributed by atoms with E-state index in [1.807, 2.05) is 18.2 Å². The van der Waals surface area contributed by atoms with E-state index >= 15 is 0 Å². The Morgan fingerprint density at radius 2 is 1.88 bits per heavy atom. The van der Waals surface area contributed by atoms with Crippen molar-refractivity contribution in [3.8, 4) is 11.5 Å². The molecule has 24 heavy (non-hydrogen) atoms. The predicted molar refractivity (Wildman–Crippen MR) is 90.5 cm³/mol. The number of hydrogen-bond acceptors (Lipinski definition) is 5. The van der Waals surface area contributed by atoms with E-state index in [0.717, 1.165) is 56.0 Å². The first-order valence-corrected chi connectivity index (χ1v) is 8.45. The highest BCUT2D eigenvalue weighted by Crippen LogP contribution is 2.42. The summed E-state index contributed by atoms with van der Waals surface area (Å²) in [4.78, 5) is 13.9. The number of aliphatic carboxylic acids is 1. The minimum Gasteiger partial charge on any atom is -0.497 e. The summed E-state index contributed by atoms with van der Waals surface area (Å²) in [7, 11) is 3.25. The summed E-state index contributed by atoms with van der Waals surface area (Å²) in [5.41, 5.74) is 1.15. The summed E-state index contributed by atoms with van der Waals surface area (Å²) >= 11 is 0. The van der Waals surface area contributed by atoms with E-state index in [4.69, 9.17) is 9.47 Å². The summed E-state index contributed by atoms with van der Waals surface area (Å²) in [6.07, 6.45) is 2.84. The van der Waals surface area contributed by atoms with Crippen molar-refractivity contribution in [2.75, 3.05) is 33.9 Å². The number of likely N-dealkylation sites (tertiary alicyclic amines) is 1. The lowest BCUT2D eigenvalue weighted by atomic mass is 9.77. The van der Waals surface area contributed by atoms with Crippen LogP contribution in [0.5, 0.6) is 11.5 Å². The number of methoxy groups -OCH3 is 2. The fourth-order valence-electron chi connectivity index (χ4n) is 4.07. The molecule has 6 heteroatoms. The van der Waals surface area contributed by atoms with Crippen LogP contribution in [0.25, 0.3) is 0 Å². The van der Waals surface area contributed by atoms with Gasteiger partial charge < -0.3 is 19.9 Å². The van der Waals surface area contributed by atoms with Crippen LogP contribution in [0.2, 0.25) is 0 Å². The normalized spacial score (nSPS) is 23.3. The maximum atomic E-state index is 11.8. The van der Waals surface area contributed by atoms with Crippen LogP contribution < -0.4 is 14.8 Å². The van der Waals surface area contributed by atoms with E-state index in [2.05, 4.69) is 10.2 Å². The van der Waals surface area contributed by atoms with Gasteiger partial charge in [0.15, 0.2) is 0 Å². The molecule has 0 saturated carbocycles. The van der Waals surface area contributed by atoms with Crippen molar-refractivity contribution in [3.05, 3.63) is 23.8 Å². The van der Waals surface area contributed by atoms with Crippen molar-refractivity contribution in [1.82, 2.24) is 10.2 Å². The Morgan fingerprint density at radius 3 is 2.42 bits per heavy atom. The van der Waals surface area contributed by atoms with Gasteiger partial charge in [-0.1, -0.05) is 0 Å². The van der Waals surface area contributed by atoms with Gasteiger partial charge in [0, 0.05) is 19.2 Å². The number of nitrogens with one attached hydrogen (secondary N) is 1. The van der Waals surface area contributed by atoms with E-state index < -0.39 is 12.0 Å². The molecule has 2 saturated heterocycles. The quantitative estimate of drug-likeness (QED) is 0.855. The second-order valence-corrected chi connectivity index (χ2v) is 6.93. The van der Waals surface area contributed by atoms with E-state index in [1.54, 1.807) is 14.2 Å². The van der Waals surface area contributed by atoms with Gasteiger partial charge in [0.25, 0.3) is 0 Å². The number of carbonyl (C=O) groups is 1. The van der Waals surface area contributed by atoms with E-state index in [-0.39, 0.29) is 5.41 Å². The van der Waals surface area contributed by atoms with Crippen LogP contribution in [0.3, 0.4) is 0 Å². The number of nitrogens with zero attached hydrogens (tertiary/aromatic N) is 1. The van der Waals surface area contributed by atoms with Crippen LogP contribution in [0.15, 0.2) is 18.2 Å². The van der Waals surface area contributed by atoms with E-state index in [0.29, 0.717) is 6.54 Å². The van der Waals surface area contributed by atoms with Crippen LogP contribution >= 0.6 is 0 Å². The molecule has 0 aliphatic carbocycles. The smallest absolute Gasteiger partial charge is 0.320 e. The molecular weight excluding hydrogens is 308 g/mol. The molecule has 0 bridgehead atoms. The molecule has 132 valence electrons. The maximum absolute atomic E-state index is 11.8. The summed E-state index contributed by atoms with van der Waals surface area (Å²) < 4.78 is 10.6. The number of carboxylic acids is 1. The summed E-state index contributed by atoms with van der Waals surface area (Å²) in [5.74, 6) is 0.735. The number of ether oxygens (including phenoxy) is 2. The fraction of sp³-hybridized carbons (Fsp3) is 0.611. The molecule has 3 rings (SSSR count). The molecule has 0 radical (unpaired) electrons. The monoisotopic (exact) mass is 334 g/mol. The highest BCUT2D eigenvalue weighted by atomic mass is 16.5. The molecule has 6 nitrogen and oxygen atoms in total. The number of piperidine rings is 1. The van der Waals surface area contributed by atoms with Crippen molar-refractivity contribution in [1.29, 1.82) is 0 Å². The van der Waals surface area contributed by atoms with Crippen molar-refractivity contribution in [2.45, 2.75) is 31.8 Å². The Bertz CT molecular complexity index is 576. The Labute approximate surface area is 142 Å². The van der Waals surface area contributed by atoms with Gasteiger partial charge in [-0.05, 0) is 55.5 Å². The highest BCUT2D eigenvalue weighted by Gasteiger charge is 2.47. The van der Waals surface area contributed by atoms with Gasteiger partial charge in [0.05, 0.1) is 14.2 Å². The van der Waals surface area contributed by atoms with Gasteiger partial charge in [-0.25, -0.2) is 0 Å². The minimum absolute atomic E-state index is 0.136. The molecule has 0 aromatic heterocycles. The van der Waals surface area contributed by atoms with Crippen LogP contribution in [0.1, 0.15) is 24.8 Å². The first-order chi connectivity index (χ1) is 11.5. The van der Waals surface area contributed by atoms with Gasteiger partial charge in [-0.2, -0.15) is 0 Å². The molecule has 1 spiro atoms. The lowest BCUT2D eigenvalue weighted by molar-refractivity contribution is -0.142. The van der Waals surface area contributed by atoms with Gasteiger partial charge >= 0.3 is 5.97 Å². The summed E-state index contributed by atoms with van der Waals surface area (Å²) in [6.45, 7) is 3.39. The minimum atomic E-state index is -0.722. The SMILES string of the molecule is COc1cc(CN2CC3(CCNCC3)CC2C(=O)O)cc(OC)c1. The first-order valence-electron chi connectivity index (χ1n) is 8.45. The Morgan fingerprint density at radius 1 is 1.25 bits per heavy atom. The fourth-order valence-corrected chi connectivity index (χ4v) is 4.07. The lowest BCUT2D eigenvalue weighted by Gasteiger charge is -2.33. The maximum Gasteiger partial charge on any atom is 0.320 e. The average molecular weight is 334 g/mol. The highest BCUT2D eigenvalue weighted by molar-refractivity contribution is 5.74. The zero-order valence-electron chi connectivity index (χ0n) is 14.4. The van der Waals surface area contributed by atoms with Gasteiger partial charge in [0.2, 0.25) is 0 Å². The predicted octanol–water partition coefficient (Wildman–Crippen LogP) is 1.73. The molecule has 2 fully saturated rings. The number of carboxylic acid groups (broad SMARTS) is 1. The molecule has 1 unspecified atom stereocenters. The van der Waals surface area contributed by atoms with Gasteiger partial charge in [-0.3, -0.25) is 9.69 Å². The Balaban J connectivity index is 1.80. The zero-order chi connectivity index (χ0) is 17.2. The van der Waals surface area contributed by atoms with Crippen LogP contribution in [0.4, 0.5) is 0 Å². The third-order valence-corrected chi connectivity index (χ3v) is 5.35. The Kier molecular flexibility index (Phi) is 4.96. The average Bonchev–Trinajstić information content (AvgIpc) is 2.93. The van der Waals surface area contributed by atoms with Crippen LogP contribution in [-0.4, -0.2) is 55.9 Å². The lowest BCUT2D eigenvalue weighted by Crippen LogP contribution is -2.38. The molecule has 1 aromatic carbocycles. The zero-order valence-corrected chi connectivity index (χ0v) is 14.4. The van der Waals surface area contributed by atoms with Crippen molar-refractivity contribution in [3.63, 3.8) is 0 Å². The third kappa shape index (κ3) is 3.49. The number of hydrogen-bond donors (Lipinski definition) is 2.